The molecule has 0 aliphatic carbocycles. The van der Waals surface area contributed by atoms with E-state index in [1.54, 1.807) is 5.01 Å². The van der Waals surface area contributed by atoms with Crippen LogP contribution >= 0.6 is 0 Å². The van der Waals surface area contributed by atoms with Crippen molar-refractivity contribution in [1.29, 1.82) is 0 Å². The van der Waals surface area contributed by atoms with Gasteiger partial charge in [-0.25, -0.2) is 13.4 Å². The van der Waals surface area contributed by atoms with Gasteiger partial charge in [0, 0.05) is 13.1 Å². The molecule has 9 heavy (non-hydrogen) atoms. The third kappa shape index (κ3) is 4.38. The molecule has 0 aromatic rings. The highest BCUT2D eigenvalue weighted by Gasteiger charge is 1.94. The molecule has 0 aliphatic rings. The van der Waals surface area contributed by atoms with Crippen LogP contribution in [0.5, 0.6) is 0 Å². The molecule has 0 rings (SSSR count). The van der Waals surface area contributed by atoms with Crippen LogP contribution in [0.2, 0.25) is 0 Å². The molecule has 0 aliphatic heterocycles. The van der Waals surface area contributed by atoms with Crippen LogP contribution in [-0.2, 0) is 10.9 Å². The second-order valence-electron chi connectivity index (χ2n) is 1.53. The topological polar surface area (TPSA) is 49.4 Å². The van der Waals surface area contributed by atoms with Gasteiger partial charge in [-0.15, -0.1) is 0 Å². The first-order valence-electron chi connectivity index (χ1n) is 2.86. The summed E-state index contributed by atoms with van der Waals surface area (Å²) < 4.78 is 20.0. The van der Waals surface area contributed by atoms with E-state index in [1.165, 1.54) is 0 Å². The van der Waals surface area contributed by atoms with Crippen molar-refractivity contribution < 1.29 is 8.42 Å². The fourth-order valence-corrected chi connectivity index (χ4v) is 0.994. The number of nitrogens with one attached hydrogen (secondary N) is 1. The first-order chi connectivity index (χ1) is 4.20. The van der Waals surface area contributed by atoms with Crippen molar-refractivity contribution in [3.8, 4) is 0 Å². The highest BCUT2D eigenvalue weighted by Crippen LogP contribution is 1.76. The molecular formula is C4H12N2O2S. The first kappa shape index (κ1) is 8.87. The Morgan fingerprint density at radius 1 is 1.33 bits per heavy atom. The molecule has 0 unspecified atom stereocenters. The normalized spacial score (nSPS) is 11.1. The Balaban J connectivity index is 3.55. The average Bonchev–Trinajstić information content (AvgIpc) is 1.82. The van der Waals surface area contributed by atoms with Gasteiger partial charge in [-0.3, -0.25) is 0 Å². The molecule has 56 valence electrons. The molecule has 0 amide bonds. The molecule has 0 aromatic carbocycles. The Hall–Kier alpha value is -0.130. The summed E-state index contributed by atoms with van der Waals surface area (Å²) in [7, 11) is -2.48. The number of hydrogen-bond acceptors (Lipinski definition) is 3. The van der Waals surface area contributed by atoms with Crippen LogP contribution in [0.3, 0.4) is 0 Å². The molecule has 0 saturated heterocycles. The van der Waals surface area contributed by atoms with Crippen molar-refractivity contribution in [3.63, 3.8) is 0 Å². The fraction of sp³-hybridized carbons (Fsp3) is 1.00. The van der Waals surface area contributed by atoms with Crippen LogP contribution in [0, 0.1) is 0 Å². The van der Waals surface area contributed by atoms with Gasteiger partial charge in [0.2, 0.25) is 10.9 Å². The molecule has 0 fully saturated rings. The largest absolute Gasteiger partial charge is 0.232 e. The molecule has 5 heteroatoms. The van der Waals surface area contributed by atoms with Crippen molar-refractivity contribution in [2.24, 2.45) is 0 Å². The SMILES string of the molecule is CCN(CC)N[SH](=O)=O. The van der Waals surface area contributed by atoms with Crippen LogP contribution in [0.1, 0.15) is 13.8 Å². The van der Waals surface area contributed by atoms with Crippen LogP contribution < -0.4 is 4.83 Å². The Labute approximate surface area is 56.9 Å². The summed E-state index contributed by atoms with van der Waals surface area (Å²) >= 11 is 0. The van der Waals surface area contributed by atoms with Gasteiger partial charge in [0.15, 0.2) is 0 Å². The monoisotopic (exact) mass is 152 g/mol. The van der Waals surface area contributed by atoms with Crippen molar-refractivity contribution in [2.45, 2.75) is 13.8 Å². The predicted molar refractivity (Wildman–Crippen MR) is 36.4 cm³/mol. The number of thiol groups is 1. The highest BCUT2D eigenvalue weighted by molar-refractivity contribution is 7.70. The lowest BCUT2D eigenvalue weighted by molar-refractivity contribution is 0.271. The second-order valence-corrected chi connectivity index (χ2v) is 2.24. The summed E-state index contributed by atoms with van der Waals surface area (Å²) in [6.07, 6.45) is 0. The molecular weight excluding hydrogens is 140 g/mol. The van der Waals surface area contributed by atoms with Gasteiger partial charge < -0.3 is 0 Å². The lowest BCUT2D eigenvalue weighted by Crippen LogP contribution is -2.36. The third-order valence-electron chi connectivity index (χ3n) is 0.987. The lowest BCUT2D eigenvalue weighted by Gasteiger charge is -2.13. The van der Waals surface area contributed by atoms with E-state index in [9.17, 15) is 8.42 Å². The third-order valence-corrected chi connectivity index (χ3v) is 1.43. The van der Waals surface area contributed by atoms with Gasteiger partial charge in [0.1, 0.15) is 0 Å². The summed E-state index contributed by atoms with van der Waals surface area (Å²) in [4.78, 5) is 2.27. The van der Waals surface area contributed by atoms with Gasteiger partial charge in [-0.05, 0) is 0 Å². The first-order valence-corrected chi connectivity index (χ1v) is 4.04. The van der Waals surface area contributed by atoms with Gasteiger partial charge in [0.25, 0.3) is 0 Å². The minimum absolute atomic E-state index is 0.694. The Morgan fingerprint density at radius 3 is 1.89 bits per heavy atom. The van der Waals surface area contributed by atoms with Crippen LogP contribution in [0.15, 0.2) is 0 Å². The molecule has 4 nitrogen and oxygen atoms in total. The van der Waals surface area contributed by atoms with E-state index in [4.69, 9.17) is 0 Å². The summed E-state index contributed by atoms with van der Waals surface area (Å²) in [5.41, 5.74) is 0. The van der Waals surface area contributed by atoms with Crippen molar-refractivity contribution in [3.05, 3.63) is 0 Å². The molecule has 0 bridgehead atoms. The molecule has 1 N–H and O–H groups in total. The second kappa shape index (κ2) is 4.72. The highest BCUT2D eigenvalue weighted by atomic mass is 32.2. The van der Waals surface area contributed by atoms with Crippen molar-refractivity contribution >= 4 is 10.9 Å². The molecule has 0 saturated carbocycles. The summed E-state index contributed by atoms with van der Waals surface area (Å²) in [6.45, 7) is 5.16. The lowest BCUT2D eigenvalue weighted by atomic mass is 10.6. The maximum Gasteiger partial charge on any atom is 0.214 e. The number of nitrogens with zero attached hydrogens (tertiary/aromatic N) is 1. The number of hydrogen-bond donors (Lipinski definition) is 2. The van der Waals surface area contributed by atoms with E-state index in [0.717, 1.165) is 0 Å². The van der Waals surface area contributed by atoms with Gasteiger partial charge in [0.05, 0.1) is 0 Å². The molecule has 0 heterocycles. The van der Waals surface area contributed by atoms with Crippen molar-refractivity contribution in [2.75, 3.05) is 13.1 Å². The molecule has 0 atom stereocenters. The zero-order chi connectivity index (χ0) is 7.28. The van der Waals surface area contributed by atoms with Gasteiger partial charge in [-0.1, -0.05) is 13.8 Å². The van der Waals surface area contributed by atoms with E-state index in [-0.39, 0.29) is 0 Å². The standard InChI is InChI=1S/C4H12N2O2S/c1-3-6(4-2)5-9(7)8/h9H,3-4H2,1-2H3,(H,5,7,8). The van der Waals surface area contributed by atoms with Gasteiger partial charge >= 0.3 is 0 Å². The molecule has 0 radical (unpaired) electrons. The van der Waals surface area contributed by atoms with Crippen molar-refractivity contribution in [1.82, 2.24) is 9.84 Å². The zero-order valence-corrected chi connectivity index (χ0v) is 6.52. The molecule has 0 spiro atoms. The van der Waals surface area contributed by atoms with E-state index in [2.05, 4.69) is 4.83 Å². The zero-order valence-electron chi connectivity index (χ0n) is 5.63. The summed E-state index contributed by atoms with van der Waals surface area (Å²) in [6, 6.07) is 0. The number of hydrazine groups is 1. The quantitative estimate of drug-likeness (QED) is 0.416. The predicted octanol–water partition coefficient (Wildman–Crippen LogP) is -0.641. The fourth-order valence-electron chi connectivity index (χ4n) is 0.480. The maximum absolute atomic E-state index is 10.0. The van der Waals surface area contributed by atoms with E-state index in [1.807, 2.05) is 13.8 Å². The maximum atomic E-state index is 10.0. The number of rotatable bonds is 4. The van der Waals surface area contributed by atoms with Gasteiger partial charge in [-0.2, -0.15) is 4.83 Å². The average molecular weight is 152 g/mol. The smallest absolute Gasteiger partial charge is 0.214 e. The van der Waals surface area contributed by atoms with E-state index < -0.39 is 10.9 Å². The van der Waals surface area contributed by atoms with Crippen LogP contribution in [0.4, 0.5) is 0 Å². The summed E-state index contributed by atoms with van der Waals surface area (Å²) in [5.74, 6) is 0. The Morgan fingerprint density at radius 2 is 1.78 bits per heavy atom. The minimum Gasteiger partial charge on any atom is -0.232 e. The Bertz CT molecular complexity index is 123. The molecule has 0 aromatic heterocycles. The van der Waals surface area contributed by atoms with Crippen LogP contribution in [0.25, 0.3) is 0 Å². The summed E-state index contributed by atoms with van der Waals surface area (Å²) in [5, 5.41) is 1.60. The van der Waals surface area contributed by atoms with Crippen LogP contribution in [-0.4, -0.2) is 26.5 Å². The minimum atomic E-state index is -2.48. The van der Waals surface area contributed by atoms with E-state index >= 15 is 0 Å². The van der Waals surface area contributed by atoms with E-state index in [0.29, 0.717) is 13.1 Å². The Kier molecular flexibility index (Phi) is 4.65.